The molecule has 18 heavy (non-hydrogen) atoms. The van der Waals surface area contributed by atoms with Gasteiger partial charge in [0.05, 0.1) is 5.69 Å². The summed E-state index contributed by atoms with van der Waals surface area (Å²) in [6.45, 7) is 1.70. The second-order valence-corrected chi connectivity index (χ2v) is 6.29. The maximum Gasteiger partial charge on any atom is 0.242 e. The Morgan fingerprint density at radius 1 is 1.33 bits per heavy atom. The van der Waals surface area contributed by atoms with Crippen LogP contribution in [0.25, 0.3) is 0 Å². The zero-order valence-corrected chi connectivity index (χ0v) is 11.9. The smallest absolute Gasteiger partial charge is 0.242 e. The second-order valence-electron chi connectivity index (χ2n) is 3.57. The third kappa shape index (κ3) is 4.32. The van der Waals surface area contributed by atoms with Crippen LogP contribution in [0.2, 0.25) is 0 Å². The van der Waals surface area contributed by atoms with Gasteiger partial charge in [-0.25, -0.2) is 13.1 Å². The molecule has 1 aromatic rings. The van der Waals surface area contributed by atoms with Crippen molar-refractivity contribution in [3.63, 3.8) is 0 Å². The summed E-state index contributed by atoms with van der Waals surface area (Å²) in [4.78, 5) is 11.1. The maximum atomic E-state index is 12.0. The Bertz CT molecular complexity index is 515. The van der Waals surface area contributed by atoms with Crippen molar-refractivity contribution in [2.45, 2.75) is 11.8 Å². The fourth-order valence-electron chi connectivity index (χ4n) is 1.35. The number of anilines is 1. The Morgan fingerprint density at radius 3 is 2.61 bits per heavy atom. The minimum absolute atomic E-state index is 0.0845. The lowest BCUT2D eigenvalue weighted by Crippen LogP contribution is -2.27. The number of thioether (sulfide) groups is 1. The number of benzene rings is 1. The van der Waals surface area contributed by atoms with Crippen LogP contribution < -0.4 is 10.0 Å². The number of para-hydroxylation sites is 1. The van der Waals surface area contributed by atoms with E-state index in [4.69, 9.17) is 0 Å². The number of hydrogen-bond donors (Lipinski definition) is 2. The van der Waals surface area contributed by atoms with Crippen LogP contribution in [0.15, 0.2) is 29.2 Å². The van der Waals surface area contributed by atoms with E-state index in [1.165, 1.54) is 13.0 Å². The van der Waals surface area contributed by atoms with Gasteiger partial charge in [-0.2, -0.15) is 11.8 Å². The molecule has 1 amide bonds. The Hall–Kier alpha value is -1.05. The van der Waals surface area contributed by atoms with E-state index in [1.807, 2.05) is 6.26 Å². The van der Waals surface area contributed by atoms with E-state index in [0.29, 0.717) is 18.0 Å². The van der Waals surface area contributed by atoms with Gasteiger partial charge in [0.2, 0.25) is 15.9 Å². The van der Waals surface area contributed by atoms with E-state index in [2.05, 4.69) is 10.0 Å². The van der Waals surface area contributed by atoms with Crippen LogP contribution in [0, 0.1) is 0 Å². The van der Waals surface area contributed by atoms with Crippen LogP contribution in [0.3, 0.4) is 0 Å². The fourth-order valence-corrected chi connectivity index (χ4v) is 2.98. The SMILES string of the molecule is CSCCNS(=O)(=O)c1ccccc1NC(C)=O. The molecule has 0 bridgehead atoms. The predicted molar refractivity (Wildman–Crippen MR) is 74.3 cm³/mol. The monoisotopic (exact) mass is 288 g/mol. The molecule has 0 aliphatic carbocycles. The minimum atomic E-state index is -3.59. The number of amides is 1. The van der Waals surface area contributed by atoms with Gasteiger partial charge in [0.25, 0.3) is 0 Å². The lowest BCUT2D eigenvalue weighted by Gasteiger charge is -2.11. The zero-order valence-electron chi connectivity index (χ0n) is 10.3. The van der Waals surface area contributed by atoms with Crippen LogP contribution in [0.5, 0.6) is 0 Å². The van der Waals surface area contributed by atoms with Gasteiger partial charge in [-0.1, -0.05) is 12.1 Å². The average molecular weight is 288 g/mol. The van der Waals surface area contributed by atoms with Crippen LogP contribution in [-0.2, 0) is 14.8 Å². The molecule has 0 aliphatic rings. The lowest BCUT2D eigenvalue weighted by molar-refractivity contribution is -0.114. The standard InChI is InChI=1S/C11H16N2O3S2/c1-9(14)13-10-5-3-4-6-11(10)18(15,16)12-7-8-17-2/h3-6,12H,7-8H2,1-2H3,(H,13,14). The Morgan fingerprint density at radius 2 is 2.00 bits per heavy atom. The highest BCUT2D eigenvalue weighted by Gasteiger charge is 2.17. The second kappa shape index (κ2) is 6.77. The summed E-state index contributed by atoms with van der Waals surface area (Å²) in [5.41, 5.74) is 0.293. The quantitative estimate of drug-likeness (QED) is 0.773. The van der Waals surface area contributed by atoms with E-state index >= 15 is 0 Å². The van der Waals surface area contributed by atoms with Crippen molar-refractivity contribution in [1.29, 1.82) is 0 Å². The van der Waals surface area contributed by atoms with Gasteiger partial charge in [-0.05, 0) is 18.4 Å². The molecule has 5 nitrogen and oxygen atoms in total. The molecular formula is C11H16N2O3S2. The highest BCUT2D eigenvalue weighted by atomic mass is 32.2. The van der Waals surface area contributed by atoms with Crippen molar-refractivity contribution in [1.82, 2.24) is 4.72 Å². The molecule has 0 radical (unpaired) electrons. The molecule has 100 valence electrons. The third-order valence-electron chi connectivity index (χ3n) is 2.09. The molecule has 0 heterocycles. The normalized spacial score (nSPS) is 11.2. The number of sulfonamides is 1. The van der Waals surface area contributed by atoms with Crippen molar-refractivity contribution in [3.8, 4) is 0 Å². The van der Waals surface area contributed by atoms with Crippen LogP contribution in [-0.4, -0.2) is 32.9 Å². The first kappa shape index (κ1) is 15.0. The average Bonchev–Trinajstić information content (AvgIpc) is 2.29. The van der Waals surface area contributed by atoms with Crippen molar-refractivity contribution < 1.29 is 13.2 Å². The lowest BCUT2D eigenvalue weighted by atomic mass is 10.3. The largest absolute Gasteiger partial charge is 0.325 e. The van der Waals surface area contributed by atoms with Crippen molar-refractivity contribution in [2.24, 2.45) is 0 Å². The van der Waals surface area contributed by atoms with E-state index in [0.717, 1.165) is 0 Å². The van der Waals surface area contributed by atoms with Crippen LogP contribution >= 0.6 is 11.8 Å². The summed E-state index contributed by atoms with van der Waals surface area (Å²) in [6, 6.07) is 6.32. The molecule has 0 fully saturated rings. The third-order valence-corrected chi connectivity index (χ3v) is 4.22. The van der Waals surface area contributed by atoms with E-state index < -0.39 is 10.0 Å². The molecule has 1 rings (SSSR count). The van der Waals surface area contributed by atoms with Crippen molar-refractivity contribution in [3.05, 3.63) is 24.3 Å². The molecule has 0 atom stereocenters. The summed E-state index contributed by atoms with van der Waals surface area (Å²) in [5.74, 6) is 0.392. The molecular weight excluding hydrogens is 272 g/mol. The molecule has 0 aromatic heterocycles. The van der Waals surface area contributed by atoms with E-state index in [1.54, 1.807) is 30.0 Å². The fraction of sp³-hybridized carbons (Fsp3) is 0.364. The molecule has 2 N–H and O–H groups in total. The van der Waals surface area contributed by atoms with Gasteiger partial charge in [0, 0.05) is 19.2 Å². The van der Waals surface area contributed by atoms with Crippen LogP contribution in [0.4, 0.5) is 5.69 Å². The highest BCUT2D eigenvalue weighted by molar-refractivity contribution is 7.98. The van der Waals surface area contributed by atoms with Gasteiger partial charge in [-0.15, -0.1) is 0 Å². The molecule has 0 saturated heterocycles. The van der Waals surface area contributed by atoms with Gasteiger partial charge >= 0.3 is 0 Å². The first-order valence-corrected chi connectivity index (χ1v) is 8.20. The molecule has 0 spiro atoms. The molecule has 7 heteroatoms. The zero-order chi connectivity index (χ0) is 13.6. The minimum Gasteiger partial charge on any atom is -0.325 e. The Kier molecular flexibility index (Phi) is 5.64. The number of hydrogen-bond acceptors (Lipinski definition) is 4. The topological polar surface area (TPSA) is 75.3 Å². The number of carbonyl (C=O) groups is 1. The first-order chi connectivity index (χ1) is 8.47. The predicted octanol–water partition coefficient (Wildman–Crippen LogP) is 1.29. The summed E-state index contributed by atoms with van der Waals surface area (Å²) in [5, 5.41) is 2.51. The summed E-state index contributed by atoms with van der Waals surface area (Å²) >= 11 is 1.56. The van der Waals surface area contributed by atoms with Gasteiger partial charge in [-0.3, -0.25) is 4.79 Å². The highest BCUT2D eigenvalue weighted by Crippen LogP contribution is 2.20. The molecule has 0 unspecified atom stereocenters. The van der Waals surface area contributed by atoms with Crippen molar-refractivity contribution >= 4 is 33.4 Å². The van der Waals surface area contributed by atoms with Gasteiger partial charge in [0.1, 0.15) is 4.90 Å². The van der Waals surface area contributed by atoms with Gasteiger partial charge in [0.15, 0.2) is 0 Å². The number of nitrogens with one attached hydrogen (secondary N) is 2. The Balaban J connectivity index is 2.97. The van der Waals surface area contributed by atoms with Gasteiger partial charge < -0.3 is 5.32 Å². The summed E-state index contributed by atoms with van der Waals surface area (Å²) < 4.78 is 26.6. The maximum absolute atomic E-state index is 12.0. The molecule has 0 saturated carbocycles. The molecule has 1 aromatic carbocycles. The summed E-state index contributed by atoms with van der Waals surface area (Å²) in [7, 11) is -3.59. The Labute approximate surface area is 111 Å². The molecule has 0 aliphatic heterocycles. The van der Waals surface area contributed by atoms with Crippen molar-refractivity contribution in [2.75, 3.05) is 23.9 Å². The summed E-state index contributed by atoms with van der Waals surface area (Å²) in [6.07, 6.45) is 1.90. The number of carbonyl (C=O) groups excluding carboxylic acids is 1. The van der Waals surface area contributed by atoms with E-state index in [9.17, 15) is 13.2 Å². The number of rotatable bonds is 6. The van der Waals surface area contributed by atoms with Crippen LogP contribution in [0.1, 0.15) is 6.92 Å². The van der Waals surface area contributed by atoms with E-state index in [-0.39, 0.29) is 10.8 Å². The first-order valence-electron chi connectivity index (χ1n) is 5.32.